The van der Waals surface area contributed by atoms with E-state index in [-0.39, 0.29) is 0 Å². The van der Waals surface area contributed by atoms with Crippen molar-refractivity contribution >= 4 is 27.1 Å². The molecule has 5 heteroatoms. The number of methoxy groups -OCH3 is 4. The van der Waals surface area contributed by atoms with E-state index in [0.717, 1.165) is 38.2 Å². The number of hydrogen-bond acceptors (Lipinski definition) is 4. The van der Waals surface area contributed by atoms with E-state index in [1.807, 2.05) is 18.2 Å². The maximum atomic E-state index is 5.79. The average Bonchev–Trinajstić information content (AvgIpc) is 2.98. The summed E-state index contributed by atoms with van der Waals surface area (Å²) >= 11 is 0. The Balaban J connectivity index is 1.73. The summed E-state index contributed by atoms with van der Waals surface area (Å²) in [6.07, 6.45) is 4.20. The standard InChI is InChI=1S/C33H28NO4/c1-35-28-15-14-25-26(33(28)38-4)16-17-34-20-24-18-29(36-2)30(37-3)19-27(24)31(32(25)34)23-12-10-22(11-13-23)21-8-6-5-7-9-21/h5-20H,1-4H3/q+1. The van der Waals surface area contributed by atoms with Crippen LogP contribution in [0.25, 0.3) is 49.3 Å². The molecule has 6 rings (SSSR count). The molecule has 2 heterocycles. The van der Waals surface area contributed by atoms with Gasteiger partial charge in [0.25, 0.3) is 0 Å². The molecular weight excluding hydrogens is 474 g/mol. The van der Waals surface area contributed by atoms with Gasteiger partial charge in [-0.15, -0.1) is 0 Å². The zero-order chi connectivity index (χ0) is 26.2. The summed E-state index contributed by atoms with van der Waals surface area (Å²) in [5.74, 6) is 2.79. The number of aromatic nitrogens is 1. The molecular formula is C33H28NO4+. The number of fused-ring (bicyclic) bond motifs is 4. The molecule has 0 atom stereocenters. The van der Waals surface area contributed by atoms with Crippen molar-refractivity contribution in [3.05, 3.63) is 97.3 Å². The molecule has 0 saturated heterocycles. The van der Waals surface area contributed by atoms with Gasteiger partial charge in [-0.2, -0.15) is 4.40 Å². The van der Waals surface area contributed by atoms with Crippen LogP contribution in [0.1, 0.15) is 0 Å². The van der Waals surface area contributed by atoms with E-state index in [1.54, 1.807) is 28.4 Å². The predicted octanol–water partition coefficient (Wildman–Crippen LogP) is 7.10. The van der Waals surface area contributed by atoms with Gasteiger partial charge in [0, 0.05) is 16.8 Å². The van der Waals surface area contributed by atoms with Crippen LogP contribution < -0.4 is 23.3 Å². The third-order valence-corrected chi connectivity index (χ3v) is 7.12. The number of hydrogen-bond donors (Lipinski definition) is 0. The smallest absolute Gasteiger partial charge is 0.227 e. The molecule has 0 aliphatic heterocycles. The minimum Gasteiger partial charge on any atom is -0.493 e. The molecule has 0 aliphatic rings. The zero-order valence-corrected chi connectivity index (χ0v) is 21.8. The van der Waals surface area contributed by atoms with Crippen molar-refractivity contribution in [3.63, 3.8) is 0 Å². The van der Waals surface area contributed by atoms with Gasteiger partial charge in [-0.25, -0.2) is 0 Å². The van der Waals surface area contributed by atoms with Gasteiger partial charge in [-0.3, -0.25) is 0 Å². The third-order valence-electron chi connectivity index (χ3n) is 7.12. The Morgan fingerprint density at radius 2 is 1.18 bits per heavy atom. The molecule has 0 bridgehead atoms. The van der Waals surface area contributed by atoms with Crippen LogP contribution >= 0.6 is 0 Å². The van der Waals surface area contributed by atoms with Gasteiger partial charge in [-0.1, -0.05) is 54.6 Å². The van der Waals surface area contributed by atoms with E-state index >= 15 is 0 Å². The first-order valence-electron chi connectivity index (χ1n) is 12.4. The van der Waals surface area contributed by atoms with Crippen molar-refractivity contribution in [3.8, 4) is 45.3 Å². The Morgan fingerprint density at radius 1 is 0.526 bits per heavy atom. The molecule has 0 saturated carbocycles. The molecule has 188 valence electrons. The lowest BCUT2D eigenvalue weighted by Crippen LogP contribution is -2.22. The second-order valence-electron chi connectivity index (χ2n) is 9.08. The molecule has 0 fully saturated rings. The summed E-state index contributed by atoms with van der Waals surface area (Å²) in [7, 11) is 6.66. The number of benzene rings is 4. The van der Waals surface area contributed by atoms with E-state index in [2.05, 4.69) is 83.5 Å². The Kier molecular flexibility index (Phi) is 5.97. The van der Waals surface area contributed by atoms with Gasteiger partial charge in [0.15, 0.2) is 35.4 Å². The molecule has 4 aromatic carbocycles. The van der Waals surface area contributed by atoms with Gasteiger partial charge in [0.05, 0.1) is 44.8 Å². The van der Waals surface area contributed by atoms with Crippen LogP contribution in [0, 0.1) is 0 Å². The summed E-state index contributed by atoms with van der Waals surface area (Å²) in [4.78, 5) is 0. The normalized spacial score (nSPS) is 11.2. The Morgan fingerprint density at radius 3 is 1.87 bits per heavy atom. The van der Waals surface area contributed by atoms with E-state index < -0.39 is 0 Å². The quantitative estimate of drug-likeness (QED) is 0.138. The maximum absolute atomic E-state index is 5.79. The van der Waals surface area contributed by atoms with Crippen molar-refractivity contribution in [2.24, 2.45) is 0 Å². The van der Waals surface area contributed by atoms with Crippen molar-refractivity contribution in [2.75, 3.05) is 28.4 Å². The highest BCUT2D eigenvalue weighted by Crippen LogP contribution is 2.42. The first-order valence-corrected chi connectivity index (χ1v) is 12.4. The monoisotopic (exact) mass is 502 g/mol. The number of pyridine rings is 2. The van der Waals surface area contributed by atoms with E-state index in [0.29, 0.717) is 23.0 Å². The van der Waals surface area contributed by atoms with Crippen LogP contribution in [0.15, 0.2) is 97.3 Å². The van der Waals surface area contributed by atoms with E-state index in [9.17, 15) is 0 Å². The first-order chi connectivity index (χ1) is 18.7. The second kappa shape index (κ2) is 9.60. The van der Waals surface area contributed by atoms with Crippen molar-refractivity contribution in [2.45, 2.75) is 0 Å². The van der Waals surface area contributed by atoms with Crippen LogP contribution in [0.2, 0.25) is 0 Å². The van der Waals surface area contributed by atoms with Gasteiger partial charge in [-0.05, 0) is 41.0 Å². The molecule has 0 amide bonds. The van der Waals surface area contributed by atoms with Gasteiger partial charge >= 0.3 is 0 Å². The fourth-order valence-electron chi connectivity index (χ4n) is 5.31. The first kappa shape index (κ1) is 23.6. The lowest BCUT2D eigenvalue weighted by molar-refractivity contribution is -0.508. The summed E-state index contributed by atoms with van der Waals surface area (Å²) in [6.45, 7) is 0. The molecule has 0 radical (unpaired) electrons. The predicted molar refractivity (Wildman–Crippen MR) is 152 cm³/mol. The Hall–Kier alpha value is -4.77. The fourth-order valence-corrected chi connectivity index (χ4v) is 5.31. The molecule has 38 heavy (non-hydrogen) atoms. The van der Waals surface area contributed by atoms with Gasteiger partial charge in [0.2, 0.25) is 5.52 Å². The average molecular weight is 503 g/mol. The number of ether oxygens (including phenoxy) is 4. The molecule has 5 nitrogen and oxygen atoms in total. The van der Waals surface area contributed by atoms with Gasteiger partial charge < -0.3 is 18.9 Å². The van der Waals surface area contributed by atoms with Crippen LogP contribution in [-0.4, -0.2) is 28.4 Å². The number of rotatable bonds is 6. The second-order valence-corrected chi connectivity index (χ2v) is 9.08. The minimum absolute atomic E-state index is 0.686. The summed E-state index contributed by atoms with van der Waals surface area (Å²) in [5, 5.41) is 4.15. The molecule has 0 unspecified atom stereocenters. The number of nitrogens with zero attached hydrogens (tertiary/aromatic N) is 1. The summed E-state index contributed by atoms with van der Waals surface area (Å²) in [5.41, 5.74) is 5.62. The van der Waals surface area contributed by atoms with Crippen LogP contribution in [0.4, 0.5) is 0 Å². The lowest BCUT2D eigenvalue weighted by Gasteiger charge is -2.15. The molecule has 0 spiro atoms. The molecule has 6 aromatic rings. The zero-order valence-electron chi connectivity index (χ0n) is 21.8. The van der Waals surface area contributed by atoms with Crippen LogP contribution in [0.3, 0.4) is 0 Å². The Bertz CT molecular complexity index is 1790. The highest BCUT2D eigenvalue weighted by atomic mass is 16.5. The summed E-state index contributed by atoms with van der Waals surface area (Å²) < 4.78 is 24.9. The SMILES string of the molecule is COc1cc2c[n+]3ccc4c(OC)c(OC)ccc4c3c(-c3ccc(-c4ccccc4)cc3)c2cc1OC. The molecule has 2 aromatic heterocycles. The Labute approximate surface area is 221 Å². The van der Waals surface area contributed by atoms with Crippen molar-refractivity contribution in [1.82, 2.24) is 0 Å². The summed E-state index contributed by atoms with van der Waals surface area (Å²) in [6, 6.07) is 29.4. The highest BCUT2D eigenvalue weighted by molar-refractivity contribution is 6.12. The largest absolute Gasteiger partial charge is 0.493 e. The molecule has 0 N–H and O–H groups in total. The van der Waals surface area contributed by atoms with Crippen LogP contribution in [-0.2, 0) is 0 Å². The van der Waals surface area contributed by atoms with E-state index in [4.69, 9.17) is 18.9 Å². The molecule has 0 aliphatic carbocycles. The maximum Gasteiger partial charge on any atom is 0.227 e. The lowest BCUT2D eigenvalue weighted by atomic mass is 9.93. The third kappa shape index (κ3) is 3.75. The van der Waals surface area contributed by atoms with Gasteiger partial charge in [0.1, 0.15) is 0 Å². The minimum atomic E-state index is 0.686. The fraction of sp³-hybridized carbons (Fsp3) is 0.121. The topological polar surface area (TPSA) is 41.0 Å². The van der Waals surface area contributed by atoms with Crippen molar-refractivity contribution < 1.29 is 23.3 Å². The van der Waals surface area contributed by atoms with Crippen LogP contribution in [0.5, 0.6) is 23.0 Å². The highest BCUT2D eigenvalue weighted by Gasteiger charge is 2.23. The van der Waals surface area contributed by atoms with E-state index in [1.165, 1.54) is 11.1 Å². The van der Waals surface area contributed by atoms with Crippen molar-refractivity contribution in [1.29, 1.82) is 0 Å².